The molecule has 0 radical (unpaired) electrons. The average Bonchev–Trinajstić information content (AvgIpc) is 3.30. The molecule has 33 heavy (non-hydrogen) atoms. The van der Waals surface area contributed by atoms with E-state index in [1.165, 1.54) is 6.26 Å². The van der Waals surface area contributed by atoms with E-state index in [9.17, 15) is 9.59 Å². The predicted octanol–water partition coefficient (Wildman–Crippen LogP) is 3.08. The van der Waals surface area contributed by atoms with Crippen LogP contribution in [0.2, 0.25) is 0 Å². The van der Waals surface area contributed by atoms with Gasteiger partial charge in [-0.05, 0) is 49.4 Å². The number of hydrogen-bond donors (Lipinski definition) is 2. The topological polar surface area (TPSA) is 117 Å². The molecule has 166 valence electrons. The van der Waals surface area contributed by atoms with Crippen LogP contribution in [0.4, 0.5) is 5.82 Å². The van der Waals surface area contributed by atoms with E-state index >= 15 is 0 Å². The Morgan fingerprint density at radius 3 is 2.85 bits per heavy atom. The largest absolute Gasteiger partial charge is 0.416 e. The number of aromatic amines is 1. The summed E-state index contributed by atoms with van der Waals surface area (Å²) >= 11 is 0. The summed E-state index contributed by atoms with van der Waals surface area (Å²) in [7, 11) is 0. The minimum absolute atomic E-state index is 0.00327. The lowest BCUT2D eigenvalue weighted by Gasteiger charge is -2.50. The van der Waals surface area contributed by atoms with Crippen molar-refractivity contribution < 1.29 is 9.21 Å². The lowest BCUT2D eigenvalue weighted by atomic mass is 9.76. The quantitative estimate of drug-likeness (QED) is 0.499. The summed E-state index contributed by atoms with van der Waals surface area (Å²) in [5, 5.41) is 4.58. The van der Waals surface area contributed by atoms with Crippen molar-refractivity contribution in [3.05, 3.63) is 71.3 Å². The fourth-order valence-electron chi connectivity index (χ4n) is 5.11. The van der Waals surface area contributed by atoms with Gasteiger partial charge < -0.3 is 14.6 Å². The standard InChI is InChI=1S/C24H22N6O3/c31-23(19-13-33-24(32)28-19)30-12-14-7-8-20(30)18(10-14)27-22-16-5-1-2-6-17(16)26-21(29-22)15-4-3-9-25-11-15/h1-6,9,11,13-14,18,20H,7-8,10,12H2,(H,28,32)(H,26,27,29). The molecule has 5 heterocycles. The van der Waals surface area contributed by atoms with E-state index < -0.39 is 5.76 Å². The number of hydrogen-bond acceptors (Lipinski definition) is 7. The summed E-state index contributed by atoms with van der Waals surface area (Å²) in [6.45, 7) is 0.681. The number of anilines is 1. The van der Waals surface area contributed by atoms with E-state index in [2.05, 4.69) is 15.3 Å². The van der Waals surface area contributed by atoms with Crippen molar-refractivity contribution in [3.8, 4) is 11.4 Å². The van der Waals surface area contributed by atoms with Gasteiger partial charge in [0.05, 0.1) is 11.6 Å². The van der Waals surface area contributed by atoms with E-state index in [4.69, 9.17) is 14.4 Å². The second kappa shape index (κ2) is 7.84. The third-order valence-electron chi connectivity index (χ3n) is 6.63. The number of oxazole rings is 1. The van der Waals surface area contributed by atoms with Gasteiger partial charge in [0, 0.05) is 35.9 Å². The lowest BCUT2D eigenvalue weighted by Crippen LogP contribution is -2.59. The normalized spacial score (nSPS) is 21.9. The molecule has 3 aromatic heterocycles. The van der Waals surface area contributed by atoms with E-state index in [1.54, 1.807) is 12.4 Å². The number of nitrogens with zero attached hydrogens (tertiary/aromatic N) is 4. The fourth-order valence-corrected chi connectivity index (χ4v) is 5.11. The first-order chi connectivity index (χ1) is 16.2. The number of fused-ring (bicyclic) bond motifs is 4. The highest BCUT2D eigenvalue weighted by molar-refractivity contribution is 5.93. The molecule has 2 aliphatic heterocycles. The van der Waals surface area contributed by atoms with E-state index in [0.29, 0.717) is 18.3 Å². The zero-order valence-corrected chi connectivity index (χ0v) is 17.8. The number of aromatic nitrogens is 4. The van der Waals surface area contributed by atoms with Crippen molar-refractivity contribution >= 4 is 22.6 Å². The van der Waals surface area contributed by atoms with Crippen molar-refractivity contribution in [2.45, 2.75) is 31.3 Å². The van der Waals surface area contributed by atoms with Crippen LogP contribution >= 0.6 is 0 Å². The Bertz CT molecular complexity index is 1380. The first-order valence-electron chi connectivity index (χ1n) is 11.1. The average molecular weight is 442 g/mol. The van der Waals surface area contributed by atoms with Gasteiger partial charge in [0.1, 0.15) is 17.8 Å². The van der Waals surface area contributed by atoms with Gasteiger partial charge in [0.2, 0.25) is 0 Å². The number of amides is 1. The highest BCUT2D eigenvalue weighted by Gasteiger charge is 2.43. The van der Waals surface area contributed by atoms with Crippen LogP contribution in [0.5, 0.6) is 0 Å². The van der Waals surface area contributed by atoms with Gasteiger partial charge in [-0.1, -0.05) is 12.1 Å². The molecule has 9 nitrogen and oxygen atoms in total. The third-order valence-corrected chi connectivity index (χ3v) is 6.63. The number of H-pyrrole nitrogens is 1. The number of benzene rings is 1. The Morgan fingerprint density at radius 2 is 2.06 bits per heavy atom. The Kier molecular flexibility index (Phi) is 4.67. The molecule has 7 rings (SSSR count). The molecule has 0 spiro atoms. The second-order valence-electron chi connectivity index (χ2n) is 8.67. The lowest BCUT2D eigenvalue weighted by molar-refractivity contribution is 0.0276. The molecular formula is C24H22N6O3. The highest BCUT2D eigenvalue weighted by atomic mass is 16.4. The number of pyridine rings is 1. The predicted molar refractivity (Wildman–Crippen MR) is 122 cm³/mol. The first kappa shape index (κ1) is 19.7. The molecule has 1 aliphatic carbocycles. The summed E-state index contributed by atoms with van der Waals surface area (Å²) < 4.78 is 4.79. The summed E-state index contributed by atoms with van der Waals surface area (Å²) in [6, 6.07) is 11.8. The molecule has 2 N–H and O–H groups in total. The van der Waals surface area contributed by atoms with Gasteiger partial charge in [-0.3, -0.25) is 14.8 Å². The van der Waals surface area contributed by atoms with Crippen molar-refractivity contribution in [3.63, 3.8) is 0 Å². The molecule has 2 saturated heterocycles. The molecule has 2 bridgehead atoms. The minimum atomic E-state index is -0.620. The van der Waals surface area contributed by atoms with E-state index in [1.807, 2.05) is 41.3 Å². The highest BCUT2D eigenvalue weighted by Crippen LogP contribution is 2.38. The molecule has 1 aromatic carbocycles. The number of piperidine rings is 2. The maximum Gasteiger partial charge on any atom is 0.416 e. The van der Waals surface area contributed by atoms with Crippen molar-refractivity contribution in [2.75, 3.05) is 11.9 Å². The zero-order valence-electron chi connectivity index (χ0n) is 17.8. The summed E-state index contributed by atoms with van der Waals surface area (Å²) in [5.41, 5.74) is 1.88. The van der Waals surface area contributed by atoms with Gasteiger partial charge in [0.25, 0.3) is 5.91 Å². The van der Waals surface area contributed by atoms with E-state index in [0.717, 1.165) is 41.5 Å². The van der Waals surface area contributed by atoms with Crippen molar-refractivity contribution in [1.29, 1.82) is 0 Å². The van der Waals surface area contributed by atoms with Gasteiger partial charge in [-0.15, -0.1) is 0 Å². The van der Waals surface area contributed by atoms with Crippen LogP contribution < -0.4 is 11.1 Å². The van der Waals surface area contributed by atoms with Gasteiger partial charge in [-0.25, -0.2) is 14.8 Å². The molecule has 4 aromatic rings. The summed E-state index contributed by atoms with van der Waals surface area (Å²) in [5.74, 6) is 0.924. The molecule has 3 aliphatic rings. The molecule has 3 atom stereocenters. The Hall–Kier alpha value is -4.01. The van der Waals surface area contributed by atoms with Crippen LogP contribution in [-0.2, 0) is 0 Å². The van der Waals surface area contributed by atoms with Crippen LogP contribution in [-0.4, -0.2) is 49.4 Å². The van der Waals surface area contributed by atoms with Crippen LogP contribution in [0.3, 0.4) is 0 Å². The SMILES string of the molecule is O=C(c1coc(=O)[nH]1)N1CC2CCC1C(Nc1nc(-c3cccnc3)nc3ccccc13)C2. The number of rotatable bonds is 4. The smallest absolute Gasteiger partial charge is 0.416 e. The molecule has 3 fully saturated rings. The maximum atomic E-state index is 13.1. The summed E-state index contributed by atoms with van der Waals surface area (Å²) in [4.78, 5) is 42.6. The van der Waals surface area contributed by atoms with Crippen LogP contribution in [0, 0.1) is 5.92 Å². The first-order valence-corrected chi connectivity index (χ1v) is 11.1. The van der Waals surface area contributed by atoms with Crippen molar-refractivity contribution in [2.24, 2.45) is 5.92 Å². The minimum Gasteiger partial charge on any atom is -0.416 e. The monoisotopic (exact) mass is 442 g/mol. The third kappa shape index (κ3) is 3.55. The molecule has 3 unspecified atom stereocenters. The van der Waals surface area contributed by atoms with Crippen molar-refractivity contribution in [1.82, 2.24) is 24.8 Å². The van der Waals surface area contributed by atoms with E-state index in [-0.39, 0.29) is 23.7 Å². The van der Waals surface area contributed by atoms with Gasteiger partial charge in [0.15, 0.2) is 5.82 Å². The van der Waals surface area contributed by atoms with Crippen LogP contribution in [0.15, 0.2) is 64.3 Å². The number of carbonyl (C=O) groups is 1. The second-order valence-corrected chi connectivity index (χ2v) is 8.67. The van der Waals surface area contributed by atoms with Gasteiger partial charge >= 0.3 is 5.76 Å². The Balaban J connectivity index is 1.35. The van der Waals surface area contributed by atoms with Crippen LogP contribution in [0.25, 0.3) is 22.3 Å². The molecular weight excluding hydrogens is 420 g/mol. The van der Waals surface area contributed by atoms with Gasteiger partial charge in [-0.2, -0.15) is 0 Å². The number of carbonyl (C=O) groups excluding carboxylic acids is 1. The Labute approximate surface area is 188 Å². The summed E-state index contributed by atoms with van der Waals surface area (Å²) in [6.07, 6.45) is 7.61. The molecule has 1 amide bonds. The number of para-hydroxylation sites is 1. The maximum absolute atomic E-state index is 13.1. The Morgan fingerprint density at radius 1 is 1.15 bits per heavy atom. The molecule has 1 saturated carbocycles. The fraction of sp³-hybridized carbons (Fsp3) is 0.292. The van der Waals surface area contributed by atoms with Crippen LogP contribution in [0.1, 0.15) is 29.8 Å². The number of nitrogens with one attached hydrogen (secondary N) is 2. The zero-order chi connectivity index (χ0) is 22.4. The molecule has 9 heteroatoms.